The summed E-state index contributed by atoms with van der Waals surface area (Å²) < 4.78 is 0. The number of rotatable bonds is 5. The molecular weight excluding hydrogens is 236 g/mol. The summed E-state index contributed by atoms with van der Waals surface area (Å²) in [5.41, 5.74) is 6.35. The summed E-state index contributed by atoms with van der Waals surface area (Å²) in [6, 6.07) is 0.347. The highest BCUT2D eigenvalue weighted by Gasteiger charge is 2.61. The van der Waals surface area contributed by atoms with Crippen molar-refractivity contribution in [1.82, 2.24) is 5.32 Å². The standard InChI is InChI=1S/C16H30N2O/c1-5-6-11(10-17)14(19)18-13-9-12-7-8-16(13,4)15(12,2)3/h11-13H,5-10,17H2,1-4H3,(H,18,19). The Morgan fingerprint density at radius 3 is 2.53 bits per heavy atom. The number of amides is 1. The molecule has 0 aromatic carbocycles. The average Bonchev–Trinajstić information content (AvgIpc) is 2.68. The molecule has 19 heavy (non-hydrogen) atoms. The molecule has 0 heterocycles. The molecule has 2 bridgehead atoms. The minimum absolute atomic E-state index is 0.00385. The molecule has 0 radical (unpaired) electrons. The largest absolute Gasteiger partial charge is 0.353 e. The molecule has 110 valence electrons. The van der Waals surface area contributed by atoms with Crippen LogP contribution in [0.2, 0.25) is 0 Å². The third-order valence-electron chi connectivity index (χ3n) is 6.40. The van der Waals surface area contributed by atoms with Crippen LogP contribution in [0.1, 0.15) is 59.8 Å². The zero-order valence-corrected chi connectivity index (χ0v) is 13.0. The predicted molar refractivity (Wildman–Crippen MR) is 78.6 cm³/mol. The number of nitrogens with two attached hydrogens (primary N) is 1. The molecule has 4 unspecified atom stereocenters. The lowest BCUT2D eigenvalue weighted by atomic mass is 9.69. The lowest BCUT2D eigenvalue weighted by Crippen LogP contribution is -2.49. The summed E-state index contributed by atoms with van der Waals surface area (Å²) in [5, 5.41) is 3.32. The molecule has 2 saturated carbocycles. The van der Waals surface area contributed by atoms with Crippen molar-refractivity contribution in [1.29, 1.82) is 0 Å². The van der Waals surface area contributed by atoms with E-state index in [-0.39, 0.29) is 17.2 Å². The summed E-state index contributed by atoms with van der Waals surface area (Å²) >= 11 is 0. The topological polar surface area (TPSA) is 55.1 Å². The highest BCUT2D eigenvalue weighted by molar-refractivity contribution is 5.79. The van der Waals surface area contributed by atoms with Gasteiger partial charge in [-0.2, -0.15) is 0 Å². The van der Waals surface area contributed by atoms with Crippen LogP contribution in [0.5, 0.6) is 0 Å². The van der Waals surface area contributed by atoms with Crippen LogP contribution in [0.4, 0.5) is 0 Å². The molecule has 3 N–H and O–H groups in total. The van der Waals surface area contributed by atoms with Gasteiger partial charge in [0, 0.05) is 12.6 Å². The van der Waals surface area contributed by atoms with E-state index in [2.05, 4.69) is 33.0 Å². The Morgan fingerprint density at radius 2 is 2.11 bits per heavy atom. The first-order chi connectivity index (χ1) is 8.86. The van der Waals surface area contributed by atoms with E-state index in [9.17, 15) is 4.79 Å². The van der Waals surface area contributed by atoms with Gasteiger partial charge in [0.1, 0.15) is 0 Å². The molecule has 0 saturated heterocycles. The first-order valence-electron chi connectivity index (χ1n) is 7.87. The van der Waals surface area contributed by atoms with Crippen LogP contribution in [-0.2, 0) is 4.79 Å². The van der Waals surface area contributed by atoms with E-state index in [1.807, 2.05) is 0 Å². The van der Waals surface area contributed by atoms with Crippen LogP contribution in [0.3, 0.4) is 0 Å². The normalized spacial score (nSPS) is 37.3. The Balaban J connectivity index is 2.03. The van der Waals surface area contributed by atoms with Crippen molar-refractivity contribution >= 4 is 5.91 Å². The SMILES string of the molecule is CCCC(CN)C(=O)NC1CC2CCC1(C)C2(C)C. The van der Waals surface area contributed by atoms with Crippen LogP contribution >= 0.6 is 0 Å². The van der Waals surface area contributed by atoms with Gasteiger partial charge < -0.3 is 11.1 Å². The molecule has 2 aliphatic rings. The molecule has 0 aromatic heterocycles. The maximum absolute atomic E-state index is 12.4. The number of carbonyl (C=O) groups is 1. The lowest BCUT2D eigenvalue weighted by Gasteiger charge is -2.39. The number of fused-ring (bicyclic) bond motifs is 2. The van der Waals surface area contributed by atoms with E-state index in [0.29, 0.717) is 18.0 Å². The number of carbonyl (C=O) groups excluding carboxylic acids is 1. The number of hydrogen-bond donors (Lipinski definition) is 2. The van der Waals surface area contributed by atoms with Crippen molar-refractivity contribution in [2.75, 3.05) is 6.54 Å². The molecule has 1 amide bonds. The molecule has 0 aromatic rings. The molecular formula is C16H30N2O. The van der Waals surface area contributed by atoms with Gasteiger partial charge in [0.2, 0.25) is 5.91 Å². The number of hydrogen-bond acceptors (Lipinski definition) is 2. The van der Waals surface area contributed by atoms with E-state index in [0.717, 1.165) is 25.2 Å². The Morgan fingerprint density at radius 1 is 1.42 bits per heavy atom. The molecule has 2 fully saturated rings. The summed E-state index contributed by atoms with van der Waals surface area (Å²) in [7, 11) is 0. The molecule has 2 rings (SSSR count). The summed E-state index contributed by atoms with van der Waals surface area (Å²) in [4.78, 5) is 12.4. The highest BCUT2D eigenvalue weighted by Crippen LogP contribution is 2.65. The highest BCUT2D eigenvalue weighted by atomic mass is 16.2. The first-order valence-corrected chi connectivity index (χ1v) is 7.87. The van der Waals surface area contributed by atoms with E-state index >= 15 is 0 Å². The van der Waals surface area contributed by atoms with Gasteiger partial charge >= 0.3 is 0 Å². The Labute approximate surface area is 117 Å². The molecule has 0 spiro atoms. The van der Waals surface area contributed by atoms with E-state index in [1.165, 1.54) is 12.8 Å². The van der Waals surface area contributed by atoms with Gasteiger partial charge in [0.25, 0.3) is 0 Å². The second-order valence-electron chi connectivity index (χ2n) is 7.39. The quantitative estimate of drug-likeness (QED) is 0.804. The van der Waals surface area contributed by atoms with E-state index in [4.69, 9.17) is 5.73 Å². The van der Waals surface area contributed by atoms with Crippen molar-refractivity contribution in [3.05, 3.63) is 0 Å². The zero-order chi connectivity index (χ0) is 14.3. The van der Waals surface area contributed by atoms with Crippen LogP contribution in [0.25, 0.3) is 0 Å². The van der Waals surface area contributed by atoms with Gasteiger partial charge in [-0.3, -0.25) is 4.79 Å². The molecule has 3 heteroatoms. The Bertz CT molecular complexity index is 353. The minimum Gasteiger partial charge on any atom is -0.353 e. The van der Waals surface area contributed by atoms with Gasteiger partial charge in [-0.25, -0.2) is 0 Å². The van der Waals surface area contributed by atoms with Crippen molar-refractivity contribution in [3.63, 3.8) is 0 Å². The van der Waals surface area contributed by atoms with Crippen LogP contribution in [0.15, 0.2) is 0 Å². The second kappa shape index (κ2) is 5.08. The van der Waals surface area contributed by atoms with Gasteiger partial charge in [-0.15, -0.1) is 0 Å². The average molecular weight is 266 g/mol. The predicted octanol–water partition coefficient (Wildman–Crippen LogP) is 2.69. The third-order valence-corrected chi connectivity index (χ3v) is 6.40. The Kier molecular flexibility index (Phi) is 3.97. The molecule has 2 aliphatic carbocycles. The van der Waals surface area contributed by atoms with Crippen molar-refractivity contribution in [3.8, 4) is 0 Å². The fourth-order valence-electron chi connectivity index (χ4n) is 4.42. The minimum atomic E-state index is -0.00385. The fourth-order valence-corrected chi connectivity index (χ4v) is 4.42. The molecule has 3 nitrogen and oxygen atoms in total. The Hall–Kier alpha value is -0.570. The summed E-state index contributed by atoms with van der Waals surface area (Å²) in [6.07, 6.45) is 5.64. The maximum Gasteiger partial charge on any atom is 0.224 e. The van der Waals surface area contributed by atoms with Gasteiger partial charge in [0.15, 0.2) is 0 Å². The van der Waals surface area contributed by atoms with Crippen LogP contribution in [0, 0.1) is 22.7 Å². The second-order valence-corrected chi connectivity index (χ2v) is 7.39. The lowest BCUT2D eigenvalue weighted by molar-refractivity contribution is -0.126. The van der Waals surface area contributed by atoms with E-state index in [1.54, 1.807) is 0 Å². The maximum atomic E-state index is 12.4. The smallest absolute Gasteiger partial charge is 0.224 e. The van der Waals surface area contributed by atoms with Crippen LogP contribution in [-0.4, -0.2) is 18.5 Å². The zero-order valence-electron chi connectivity index (χ0n) is 13.0. The number of nitrogens with one attached hydrogen (secondary N) is 1. The van der Waals surface area contributed by atoms with Crippen molar-refractivity contribution in [2.24, 2.45) is 28.4 Å². The summed E-state index contributed by atoms with van der Waals surface area (Å²) in [6.45, 7) is 9.70. The molecule has 4 atom stereocenters. The van der Waals surface area contributed by atoms with Gasteiger partial charge in [-0.1, -0.05) is 34.1 Å². The van der Waals surface area contributed by atoms with Gasteiger partial charge in [0.05, 0.1) is 5.92 Å². The third kappa shape index (κ3) is 2.20. The molecule has 0 aliphatic heterocycles. The van der Waals surface area contributed by atoms with Gasteiger partial charge in [-0.05, 0) is 42.4 Å². The first kappa shape index (κ1) is 14.8. The monoisotopic (exact) mass is 266 g/mol. The van der Waals surface area contributed by atoms with E-state index < -0.39 is 0 Å². The van der Waals surface area contributed by atoms with Crippen LogP contribution < -0.4 is 11.1 Å². The summed E-state index contributed by atoms with van der Waals surface area (Å²) in [5.74, 6) is 0.945. The fraction of sp³-hybridized carbons (Fsp3) is 0.938. The van der Waals surface area contributed by atoms with Crippen molar-refractivity contribution in [2.45, 2.75) is 65.8 Å². The van der Waals surface area contributed by atoms with Crippen molar-refractivity contribution < 1.29 is 4.79 Å².